The average molecular weight is 513 g/mol. The normalized spacial score (nSPS) is 11.6. The van der Waals surface area contributed by atoms with E-state index in [0.29, 0.717) is 0 Å². The third-order valence-corrected chi connectivity index (χ3v) is 9.07. The van der Waals surface area contributed by atoms with E-state index in [9.17, 15) is 0 Å². The Labute approximate surface area is 231 Å². The Morgan fingerprint density at radius 3 is 1.77 bits per heavy atom. The van der Waals surface area contributed by atoms with Gasteiger partial charge in [0.25, 0.3) is 0 Å². The van der Waals surface area contributed by atoms with Crippen molar-refractivity contribution in [2.75, 3.05) is 0 Å². The highest BCUT2D eigenvalue weighted by atomic mass is 32.1. The van der Waals surface area contributed by atoms with Crippen LogP contribution in [-0.2, 0) is 0 Å². The van der Waals surface area contributed by atoms with Crippen LogP contribution in [0.4, 0.5) is 0 Å². The zero-order valence-corrected chi connectivity index (χ0v) is 22.1. The molecule has 39 heavy (non-hydrogen) atoms. The molecule has 8 rings (SSSR count). The van der Waals surface area contributed by atoms with Crippen LogP contribution >= 0.6 is 11.3 Å². The van der Waals surface area contributed by atoms with Gasteiger partial charge in [0.05, 0.1) is 0 Å². The highest BCUT2D eigenvalue weighted by Gasteiger charge is 2.11. The highest BCUT2D eigenvalue weighted by Crippen LogP contribution is 2.40. The molecule has 0 atom stereocenters. The van der Waals surface area contributed by atoms with Gasteiger partial charge in [-0.15, -0.1) is 11.3 Å². The van der Waals surface area contributed by atoms with Crippen LogP contribution in [0, 0.1) is 0 Å². The van der Waals surface area contributed by atoms with E-state index in [2.05, 4.69) is 146 Å². The van der Waals surface area contributed by atoms with E-state index in [1.807, 2.05) is 11.3 Å². The fourth-order valence-corrected chi connectivity index (χ4v) is 7.15. The SMILES string of the molecule is c1cc(-c2cccc(-c3cccc4c3sc3ccccc34)c2)cc(-c2ccc3c(ccc4ccccc43)c2)c1. The van der Waals surface area contributed by atoms with E-state index in [4.69, 9.17) is 0 Å². The number of fused-ring (bicyclic) bond motifs is 6. The molecule has 0 aliphatic carbocycles. The van der Waals surface area contributed by atoms with Gasteiger partial charge >= 0.3 is 0 Å². The molecule has 1 heteroatoms. The van der Waals surface area contributed by atoms with E-state index in [0.717, 1.165) is 0 Å². The van der Waals surface area contributed by atoms with E-state index in [1.165, 1.54) is 75.1 Å². The maximum Gasteiger partial charge on any atom is 0.0433 e. The molecule has 0 nitrogen and oxygen atoms in total. The summed E-state index contributed by atoms with van der Waals surface area (Å²) in [6.07, 6.45) is 0. The van der Waals surface area contributed by atoms with Gasteiger partial charge in [-0.2, -0.15) is 0 Å². The third kappa shape index (κ3) is 3.74. The van der Waals surface area contributed by atoms with Gasteiger partial charge < -0.3 is 0 Å². The maximum absolute atomic E-state index is 2.34. The molecule has 0 saturated heterocycles. The van der Waals surface area contributed by atoms with Gasteiger partial charge in [0, 0.05) is 20.2 Å². The van der Waals surface area contributed by atoms with Crippen molar-refractivity contribution >= 4 is 53.1 Å². The Morgan fingerprint density at radius 2 is 0.923 bits per heavy atom. The molecule has 0 aliphatic heterocycles. The zero-order chi connectivity index (χ0) is 25.8. The summed E-state index contributed by atoms with van der Waals surface area (Å²) in [5, 5.41) is 7.84. The minimum Gasteiger partial charge on any atom is -0.135 e. The molecule has 0 amide bonds. The van der Waals surface area contributed by atoms with Crippen LogP contribution in [0.2, 0.25) is 0 Å². The van der Waals surface area contributed by atoms with Crippen LogP contribution in [0.25, 0.3) is 75.1 Å². The molecule has 1 heterocycles. The fraction of sp³-hybridized carbons (Fsp3) is 0. The Morgan fingerprint density at radius 1 is 0.333 bits per heavy atom. The molecule has 8 aromatic rings. The first-order chi connectivity index (χ1) is 19.3. The summed E-state index contributed by atoms with van der Waals surface area (Å²) < 4.78 is 2.69. The third-order valence-electron chi connectivity index (χ3n) is 7.85. The Hall–Kier alpha value is -4.72. The van der Waals surface area contributed by atoms with E-state index in [1.54, 1.807) is 0 Å². The standard InChI is InChI=1S/C38H24S/c1-2-13-32-25(8-1)18-19-31-24-29(20-21-33(31)32)27-10-5-9-26(22-27)28-11-6-12-30(23-28)34-15-7-16-36-35-14-3-4-17-37(35)39-38(34)36/h1-24H. The quantitative estimate of drug-likeness (QED) is 0.207. The van der Waals surface area contributed by atoms with Crippen molar-refractivity contribution < 1.29 is 0 Å². The minimum atomic E-state index is 1.23. The smallest absolute Gasteiger partial charge is 0.0433 e. The van der Waals surface area contributed by atoms with Crippen molar-refractivity contribution in [3.05, 3.63) is 146 Å². The van der Waals surface area contributed by atoms with E-state index >= 15 is 0 Å². The van der Waals surface area contributed by atoms with Crippen molar-refractivity contribution in [3.8, 4) is 33.4 Å². The van der Waals surface area contributed by atoms with Crippen LogP contribution in [-0.4, -0.2) is 0 Å². The summed E-state index contributed by atoms with van der Waals surface area (Å²) in [5.41, 5.74) is 7.50. The van der Waals surface area contributed by atoms with E-state index < -0.39 is 0 Å². The lowest BCUT2D eigenvalue weighted by molar-refractivity contribution is 1.59. The zero-order valence-electron chi connectivity index (χ0n) is 21.3. The second-order valence-electron chi connectivity index (χ2n) is 10.2. The predicted octanol–water partition coefficient (Wildman–Crippen LogP) is 11.4. The number of rotatable bonds is 3. The molecule has 0 unspecified atom stereocenters. The Balaban J connectivity index is 1.21. The highest BCUT2D eigenvalue weighted by molar-refractivity contribution is 7.26. The summed E-state index contributed by atoms with van der Waals surface area (Å²) >= 11 is 1.89. The van der Waals surface area contributed by atoms with Gasteiger partial charge in [-0.1, -0.05) is 121 Å². The molecule has 0 radical (unpaired) electrons. The van der Waals surface area contributed by atoms with Gasteiger partial charge in [-0.05, 0) is 79.2 Å². The average Bonchev–Trinajstić information content (AvgIpc) is 3.40. The fourth-order valence-electron chi connectivity index (χ4n) is 5.91. The molecular weight excluding hydrogens is 488 g/mol. The maximum atomic E-state index is 2.34. The first-order valence-electron chi connectivity index (χ1n) is 13.3. The van der Waals surface area contributed by atoms with Crippen molar-refractivity contribution in [2.24, 2.45) is 0 Å². The second kappa shape index (κ2) is 8.94. The summed E-state index contributed by atoms with van der Waals surface area (Å²) in [6, 6.07) is 53.2. The summed E-state index contributed by atoms with van der Waals surface area (Å²) in [7, 11) is 0. The predicted molar refractivity (Wildman–Crippen MR) is 171 cm³/mol. The molecule has 7 aromatic carbocycles. The van der Waals surface area contributed by atoms with Gasteiger partial charge in [-0.25, -0.2) is 0 Å². The molecule has 0 aliphatic rings. The minimum absolute atomic E-state index is 1.23. The van der Waals surface area contributed by atoms with Crippen molar-refractivity contribution in [3.63, 3.8) is 0 Å². The van der Waals surface area contributed by atoms with Crippen LogP contribution in [0.5, 0.6) is 0 Å². The molecule has 0 N–H and O–H groups in total. The van der Waals surface area contributed by atoms with Crippen molar-refractivity contribution in [1.82, 2.24) is 0 Å². The second-order valence-corrected chi connectivity index (χ2v) is 11.2. The lowest BCUT2D eigenvalue weighted by Crippen LogP contribution is -1.85. The largest absolute Gasteiger partial charge is 0.135 e. The van der Waals surface area contributed by atoms with Gasteiger partial charge in [-0.3, -0.25) is 0 Å². The monoisotopic (exact) mass is 512 g/mol. The topological polar surface area (TPSA) is 0 Å². The first-order valence-corrected chi connectivity index (χ1v) is 14.2. The molecule has 1 aromatic heterocycles. The van der Waals surface area contributed by atoms with Gasteiger partial charge in [0.2, 0.25) is 0 Å². The van der Waals surface area contributed by atoms with Crippen molar-refractivity contribution in [1.29, 1.82) is 0 Å². The van der Waals surface area contributed by atoms with Gasteiger partial charge in [0.15, 0.2) is 0 Å². The Kier molecular flexibility index (Phi) is 5.11. The molecule has 0 fully saturated rings. The Bertz CT molecular complexity index is 2180. The number of thiophene rings is 1. The number of hydrogen-bond acceptors (Lipinski definition) is 1. The lowest BCUT2D eigenvalue weighted by Gasteiger charge is -2.10. The molecular formula is C38H24S. The van der Waals surface area contributed by atoms with Gasteiger partial charge in [0.1, 0.15) is 0 Å². The molecule has 182 valence electrons. The number of benzene rings is 7. The lowest BCUT2D eigenvalue weighted by atomic mass is 9.94. The van der Waals surface area contributed by atoms with Crippen LogP contribution < -0.4 is 0 Å². The van der Waals surface area contributed by atoms with Crippen LogP contribution in [0.15, 0.2) is 146 Å². The van der Waals surface area contributed by atoms with Crippen LogP contribution in [0.1, 0.15) is 0 Å². The van der Waals surface area contributed by atoms with Crippen LogP contribution in [0.3, 0.4) is 0 Å². The summed E-state index contributed by atoms with van der Waals surface area (Å²) in [4.78, 5) is 0. The summed E-state index contributed by atoms with van der Waals surface area (Å²) in [6.45, 7) is 0. The summed E-state index contributed by atoms with van der Waals surface area (Å²) in [5.74, 6) is 0. The first kappa shape index (κ1) is 22.3. The molecule has 0 saturated carbocycles. The molecule has 0 spiro atoms. The molecule has 0 bridgehead atoms. The van der Waals surface area contributed by atoms with Crippen molar-refractivity contribution in [2.45, 2.75) is 0 Å². The number of hydrogen-bond donors (Lipinski definition) is 0. The van der Waals surface area contributed by atoms with E-state index in [-0.39, 0.29) is 0 Å².